The van der Waals surface area contributed by atoms with Gasteiger partial charge in [-0.2, -0.15) is 4.68 Å². The molecule has 2 aliphatic rings. The second-order valence-electron chi connectivity index (χ2n) is 9.16. The smallest absolute Gasteiger partial charge is 0.226 e. The molecule has 0 bridgehead atoms. The minimum Gasteiger partial charge on any atom is -0.356 e. The summed E-state index contributed by atoms with van der Waals surface area (Å²) in [5.74, 6) is 0.997. The average molecular weight is 454 g/mol. The van der Waals surface area contributed by atoms with Crippen molar-refractivity contribution in [2.45, 2.75) is 64.3 Å². The summed E-state index contributed by atoms with van der Waals surface area (Å²) in [7, 11) is 0. The van der Waals surface area contributed by atoms with Gasteiger partial charge in [0.2, 0.25) is 11.8 Å². The molecule has 0 saturated carbocycles. The van der Waals surface area contributed by atoms with Crippen molar-refractivity contribution in [2.24, 2.45) is 0 Å². The number of aryl methyl sites for hydroxylation is 1. The van der Waals surface area contributed by atoms with E-state index in [2.05, 4.69) is 25.7 Å². The third-order valence-corrected chi connectivity index (χ3v) is 6.73. The van der Waals surface area contributed by atoms with E-state index in [1.165, 1.54) is 12.8 Å². The van der Waals surface area contributed by atoms with Gasteiger partial charge in [-0.15, -0.1) is 5.10 Å². The van der Waals surface area contributed by atoms with Crippen LogP contribution in [-0.2, 0) is 16.0 Å². The highest BCUT2D eigenvalue weighted by molar-refractivity contribution is 5.79. The van der Waals surface area contributed by atoms with E-state index in [1.807, 2.05) is 36.1 Å². The third-order valence-electron chi connectivity index (χ3n) is 6.73. The van der Waals surface area contributed by atoms with E-state index in [0.717, 1.165) is 62.4 Å². The number of benzene rings is 1. The van der Waals surface area contributed by atoms with Crippen LogP contribution in [0.25, 0.3) is 5.69 Å². The molecule has 2 aromatic rings. The predicted molar refractivity (Wildman–Crippen MR) is 125 cm³/mol. The van der Waals surface area contributed by atoms with Crippen molar-refractivity contribution in [1.29, 1.82) is 0 Å². The minimum absolute atomic E-state index is 0.137. The van der Waals surface area contributed by atoms with E-state index in [0.29, 0.717) is 32.0 Å². The van der Waals surface area contributed by atoms with Crippen LogP contribution in [0.3, 0.4) is 0 Å². The number of carbonyl (C=O) groups is 2. The number of tetrazole rings is 1. The SMILES string of the molecule is Cc1nnnn1-c1ccc(CC(=O)N2CCCCN3CCCCC3CC(=O)NCCC2)cc1. The fourth-order valence-electron chi connectivity index (χ4n) is 4.86. The molecule has 9 heteroatoms. The van der Waals surface area contributed by atoms with E-state index in [4.69, 9.17) is 0 Å². The Hall–Kier alpha value is -2.81. The minimum atomic E-state index is 0.137. The van der Waals surface area contributed by atoms with E-state index in [-0.39, 0.29) is 11.8 Å². The Morgan fingerprint density at radius 3 is 2.52 bits per heavy atom. The summed E-state index contributed by atoms with van der Waals surface area (Å²) in [6.45, 7) is 6.01. The van der Waals surface area contributed by atoms with Gasteiger partial charge in [-0.1, -0.05) is 18.6 Å². The molecule has 1 N–H and O–H groups in total. The van der Waals surface area contributed by atoms with Crippen LogP contribution >= 0.6 is 0 Å². The first-order valence-corrected chi connectivity index (χ1v) is 12.2. The maximum absolute atomic E-state index is 13.1. The van der Waals surface area contributed by atoms with Crippen LogP contribution in [0.2, 0.25) is 0 Å². The van der Waals surface area contributed by atoms with Gasteiger partial charge >= 0.3 is 0 Å². The van der Waals surface area contributed by atoms with E-state index in [1.54, 1.807) is 4.68 Å². The molecule has 33 heavy (non-hydrogen) atoms. The van der Waals surface area contributed by atoms with E-state index < -0.39 is 0 Å². The fourth-order valence-corrected chi connectivity index (χ4v) is 4.86. The number of hydrogen-bond donors (Lipinski definition) is 1. The van der Waals surface area contributed by atoms with Gasteiger partial charge in [0, 0.05) is 32.1 Å². The predicted octanol–water partition coefficient (Wildman–Crippen LogP) is 1.89. The summed E-state index contributed by atoms with van der Waals surface area (Å²) in [6.07, 6.45) is 7.35. The quantitative estimate of drug-likeness (QED) is 0.762. The first-order chi connectivity index (χ1) is 16.1. The lowest BCUT2D eigenvalue weighted by atomic mass is 9.98. The van der Waals surface area contributed by atoms with Crippen molar-refractivity contribution in [1.82, 2.24) is 35.3 Å². The normalized spacial score (nSPS) is 21.3. The molecule has 178 valence electrons. The monoisotopic (exact) mass is 453 g/mol. The highest BCUT2D eigenvalue weighted by Crippen LogP contribution is 2.20. The standard InChI is InChI=1S/C24H35N7O2/c1-19-26-27-28-31(19)21-10-8-20(9-11-21)17-24(33)30-15-5-4-14-29-13-3-2-7-22(29)18-23(32)25-12-6-16-30/h8-11,22H,2-7,12-18H2,1H3,(H,25,32). The van der Waals surface area contributed by atoms with Crippen molar-refractivity contribution in [3.05, 3.63) is 35.7 Å². The number of nitrogens with one attached hydrogen (secondary N) is 1. The lowest BCUT2D eigenvalue weighted by Gasteiger charge is -2.35. The summed E-state index contributed by atoms with van der Waals surface area (Å²) in [5.41, 5.74) is 1.85. The number of amides is 2. The Balaban J connectivity index is 1.35. The van der Waals surface area contributed by atoms with Crippen LogP contribution in [0.1, 0.15) is 56.3 Å². The van der Waals surface area contributed by atoms with Gasteiger partial charge in [0.15, 0.2) is 5.82 Å². The molecule has 4 rings (SSSR count). The topological polar surface area (TPSA) is 96.2 Å². The zero-order chi connectivity index (χ0) is 23.0. The number of hydrogen-bond acceptors (Lipinski definition) is 6. The molecule has 1 aromatic heterocycles. The zero-order valence-electron chi connectivity index (χ0n) is 19.6. The molecular formula is C24H35N7O2. The van der Waals surface area contributed by atoms with Crippen LogP contribution in [0, 0.1) is 6.92 Å². The number of fused-ring (bicyclic) bond motifs is 1. The second-order valence-corrected chi connectivity index (χ2v) is 9.16. The van der Waals surface area contributed by atoms with Gasteiger partial charge < -0.3 is 10.2 Å². The molecule has 0 spiro atoms. The summed E-state index contributed by atoms with van der Waals surface area (Å²) in [6, 6.07) is 8.18. The van der Waals surface area contributed by atoms with Crippen LogP contribution < -0.4 is 5.32 Å². The second kappa shape index (κ2) is 11.4. The van der Waals surface area contributed by atoms with Crippen LogP contribution in [0.15, 0.2) is 24.3 Å². The van der Waals surface area contributed by atoms with Crippen molar-refractivity contribution in [2.75, 3.05) is 32.7 Å². The fraction of sp³-hybridized carbons (Fsp3) is 0.625. The molecule has 2 saturated heterocycles. The third kappa shape index (κ3) is 6.37. The number of nitrogens with zero attached hydrogens (tertiary/aromatic N) is 6. The summed E-state index contributed by atoms with van der Waals surface area (Å²) in [5, 5.41) is 14.6. The number of rotatable bonds is 3. The summed E-state index contributed by atoms with van der Waals surface area (Å²) in [4.78, 5) is 30.0. The molecule has 2 fully saturated rings. The van der Waals surface area contributed by atoms with Crippen LogP contribution in [-0.4, -0.2) is 80.6 Å². The van der Waals surface area contributed by atoms with Gasteiger partial charge in [0.05, 0.1) is 12.1 Å². The van der Waals surface area contributed by atoms with Gasteiger partial charge in [-0.25, -0.2) is 0 Å². The first-order valence-electron chi connectivity index (χ1n) is 12.2. The highest BCUT2D eigenvalue weighted by Gasteiger charge is 2.25. The molecule has 9 nitrogen and oxygen atoms in total. The number of aromatic nitrogens is 4. The Morgan fingerprint density at radius 1 is 1.03 bits per heavy atom. The van der Waals surface area contributed by atoms with Crippen molar-refractivity contribution in [3.63, 3.8) is 0 Å². The maximum Gasteiger partial charge on any atom is 0.226 e. The highest BCUT2D eigenvalue weighted by atomic mass is 16.2. The molecule has 1 atom stereocenters. The largest absolute Gasteiger partial charge is 0.356 e. The van der Waals surface area contributed by atoms with Gasteiger partial charge in [0.1, 0.15) is 0 Å². The molecule has 3 heterocycles. The number of piperidine rings is 1. The van der Waals surface area contributed by atoms with Crippen LogP contribution in [0.5, 0.6) is 0 Å². The van der Waals surface area contributed by atoms with E-state index in [9.17, 15) is 9.59 Å². The lowest BCUT2D eigenvalue weighted by Crippen LogP contribution is -2.43. The Bertz CT molecular complexity index is 927. The van der Waals surface area contributed by atoms with Gasteiger partial charge in [0.25, 0.3) is 0 Å². The lowest BCUT2D eigenvalue weighted by molar-refractivity contribution is -0.130. The van der Waals surface area contributed by atoms with Crippen LogP contribution in [0.4, 0.5) is 0 Å². The molecule has 0 radical (unpaired) electrons. The summed E-state index contributed by atoms with van der Waals surface area (Å²) < 4.78 is 1.67. The Labute approximate surface area is 195 Å². The van der Waals surface area contributed by atoms with E-state index >= 15 is 0 Å². The van der Waals surface area contributed by atoms with Gasteiger partial charge in [-0.05, 0) is 80.2 Å². The Kier molecular flexibility index (Phi) is 8.04. The Morgan fingerprint density at radius 2 is 1.76 bits per heavy atom. The molecular weight excluding hydrogens is 418 g/mol. The molecule has 2 amide bonds. The van der Waals surface area contributed by atoms with Crippen molar-refractivity contribution >= 4 is 11.8 Å². The molecule has 1 unspecified atom stereocenters. The maximum atomic E-state index is 13.1. The van der Waals surface area contributed by atoms with Gasteiger partial charge in [-0.3, -0.25) is 14.5 Å². The molecule has 0 aliphatic carbocycles. The molecule has 1 aromatic carbocycles. The zero-order valence-corrected chi connectivity index (χ0v) is 19.6. The summed E-state index contributed by atoms with van der Waals surface area (Å²) >= 11 is 0. The average Bonchev–Trinajstić information content (AvgIpc) is 3.25. The van der Waals surface area contributed by atoms with Crippen molar-refractivity contribution < 1.29 is 9.59 Å². The first kappa shape index (κ1) is 23.4. The van der Waals surface area contributed by atoms with Crippen molar-refractivity contribution in [3.8, 4) is 5.69 Å². The number of carbonyl (C=O) groups excluding carboxylic acids is 2. The molecule has 2 aliphatic heterocycles.